The maximum Gasteiger partial charge on any atom is 0.319 e. The van der Waals surface area contributed by atoms with Gasteiger partial charge in [0.1, 0.15) is 0 Å². The number of hydrogen-bond donors (Lipinski definition) is 3. The fourth-order valence-electron chi connectivity index (χ4n) is 2.57. The lowest BCUT2D eigenvalue weighted by atomic mass is 10.1. The minimum absolute atomic E-state index is 0.0795. The van der Waals surface area contributed by atoms with Gasteiger partial charge in [0.2, 0.25) is 0 Å². The summed E-state index contributed by atoms with van der Waals surface area (Å²) in [6.45, 7) is 7.80. The number of ether oxygens (including phenoxy) is 1. The average Bonchev–Trinajstić information content (AvgIpc) is 2.84. The first-order chi connectivity index (χ1) is 10.1. The van der Waals surface area contributed by atoms with E-state index in [4.69, 9.17) is 4.74 Å². The van der Waals surface area contributed by atoms with Crippen molar-refractivity contribution in [3.8, 4) is 0 Å². The second kappa shape index (κ2) is 7.43. The molecule has 1 aromatic carbocycles. The number of rotatable bonds is 5. The Morgan fingerprint density at radius 1 is 1.48 bits per heavy atom. The van der Waals surface area contributed by atoms with E-state index in [1.807, 2.05) is 25.1 Å². The molecule has 2 amide bonds. The van der Waals surface area contributed by atoms with Crippen molar-refractivity contribution in [3.05, 3.63) is 29.8 Å². The Labute approximate surface area is 126 Å². The number of carbonyl (C=O) groups is 1. The van der Waals surface area contributed by atoms with Crippen LogP contribution in [0.4, 0.5) is 10.5 Å². The summed E-state index contributed by atoms with van der Waals surface area (Å²) in [6, 6.07) is 8.10. The van der Waals surface area contributed by atoms with Gasteiger partial charge in [0.15, 0.2) is 0 Å². The maximum atomic E-state index is 12.0. The molecule has 1 aromatic rings. The Morgan fingerprint density at radius 2 is 2.29 bits per heavy atom. The quantitative estimate of drug-likeness (QED) is 0.781. The number of nitrogens with one attached hydrogen (secondary N) is 3. The highest BCUT2D eigenvalue weighted by Gasteiger charge is 2.25. The van der Waals surface area contributed by atoms with Crippen molar-refractivity contribution in [1.82, 2.24) is 10.6 Å². The zero-order valence-corrected chi connectivity index (χ0v) is 13.0. The molecule has 2 rings (SSSR count). The minimum Gasteiger partial charge on any atom is -0.376 e. The lowest BCUT2D eigenvalue weighted by Crippen LogP contribution is -2.41. The molecule has 1 heterocycles. The summed E-state index contributed by atoms with van der Waals surface area (Å²) >= 11 is 0. The normalized spacial score (nSPS) is 22.8. The van der Waals surface area contributed by atoms with Gasteiger partial charge in [0.25, 0.3) is 0 Å². The Bertz CT molecular complexity index is 478. The molecule has 21 heavy (non-hydrogen) atoms. The van der Waals surface area contributed by atoms with Gasteiger partial charge in [-0.3, -0.25) is 0 Å². The Hall–Kier alpha value is -1.59. The number of carbonyl (C=O) groups excluding carboxylic acids is 1. The van der Waals surface area contributed by atoms with Gasteiger partial charge in [-0.05, 0) is 44.5 Å². The molecule has 1 aliphatic heterocycles. The molecule has 0 aliphatic carbocycles. The highest BCUT2D eigenvalue weighted by Crippen LogP contribution is 2.18. The van der Waals surface area contributed by atoms with Crippen molar-refractivity contribution in [1.29, 1.82) is 0 Å². The van der Waals surface area contributed by atoms with Crippen LogP contribution in [-0.4, -0.2) is 31.3 Å². The Morgan fingerprint density at radius 3 is 2.95 bits per heavy atom. The van der Waals surface area contributed by atoms with Crippen molar-refractivity contribution in [2.24, 2.45) is 0 Å². The molecule has 5 heteroatoms. The van der Waals surface area contributed by atoms with Gasteiger partial charge >= 0.3 is 6.03 Å². The molecule has 3 unspecified atom stereocenters. The number of hydrogen-bond acceptors (Lipinski definition) is 3. The van der Waals surface area contributed by atoms with E-state index in [0.29, 0.717) is 6.61 Å². The van der Waals surface area contributed by atoms with Crippen LogP contribution in [0, 0.1) is 0 Å². The van der Waals surface area contributed by atoms with Crippen LogP contribution in [0.2, 0.25) is 0 Å². The summed E-state index contributed by atoms with van der Waals surface area (Å²) < 4.78 is 5.44. The molecule has 1 saturated heterocycles. The zero-order valence-electron chi connectivity index (χ0n) is 13.0. The first kappa shape index (κ1) is 15.8. The van der Waals surface area contributed by atoms with Crippen LogP contribution in [0.1, 0.15) is 38.8 Å². The summed E-state index contributed by atoms with van der Waals surface area (Å²) in [5.41, 5.74) is 1.97. The maximum absolute atomic E-state index is 12.0. The Kier molecular flexibility index (Phi) is 5.59. The smallest absolute Gasteiger partial charge is 0.319 e. The third-order valence-corrected chi connectivity index (χ3v) is 3.85. The van der Waals surface area contributed by atoms with Gasteiger partial charge in [-0.2, -0.15) is 0 Å². The number of urea groups is 1. The molecule has 3 N–H and O–H groups in total. The second-order valence-corrected chi connectivity index (χ2v) is 5.47. The summed E-state index contributed by atoms with van der Waals surface area (Å²) in [5.74, 6) is 0. The molecule has 0 aromatic heterocycles. The highest BCUT2D eigenvalue weighted by atomic mass is 16.5. The van der Waals surface area contributed by atoms with E-state index in [0.717, 1.165) is 24.2 Å². The topological polar surface area (TPSA) is 62.4 Å². The van der Waals surface area contributed by atoms with Crippen LogP contribution >= 0.6 is 0 Å². The summed E-state index contributed by atoms with van der Waals surface area (Å²) in [4.78, 5) is 12.0. The van der Waals surface area contributed by atoms with E-state index in [-0.39, 0.29) is 24.2 Å². The predicted octanol–water partition coefficient (Wildman–Crippen LogP) is 2.66. The van der Waals surface area contributed by atoms with Gasteiger partial charge in [-0.1, -0.05) is 19.1 Å². The van der Waals surface area contributed by atoms with Crippen molar-refractivity contribution >= 4 is 11.7 Å². The van der Waals surface area contributed by atoms with E-state index < -0.39 is 0 Å². The molecule has 0 spiro atoms. The van der Waals surface area contributed by atoms with Crippen molar-refractivity contribution in [3.63, 3.8) is 0 Å². The van der Waals surface area contributed by atoms with Crippen LogP contribution in [0.15, 0.2) is 24.3 Å². The van der Waals surface area contributed by atoms with Crippen LogP contribution in [0.3, 0.4) is 0 Å². The fourth-order valence-corrected chi connectivity index (χ4v) is 2.57. The van der Waals surface area contributed by atoms with Gasteiger partial charge in [-0.25, -0.2) is 4.79 Å². The number of amides is 2. The summed E-state index contributed by atoms with van der Waals surface area (Å²) in [7, 11) is 0. The largest absolute Gasteiger partial charge is 0.376 e. The Balaban J connectivity index is 1.92. The number of anilines is 1. The molecule has 0 radical (unpaired) electrons. The van der Waals surface area contributed by atoms with Crippen LogP contribution in [0.25, 0.3) is 0 Å². The van der Waals surface area contributed by atoms with E-state index in [9.17, 15) is 4.79 Å². The molecule has 116 valence electrons. The lowest BCUT2D eigenvalue weighted by molar-refractivity contribution is 0.114. The van der Waals surface area contributed by atoms with Gasteiger partial charge in [-0.15, -0.1) is 0 Å². The average molecular weight is 291 g/mol. The molecular weight excluding hydrogens is 266 g/mol. The second-order valence-electron chi connectivity index (χ2n) is 5.47. The molecule has 1 fully saturated rings. The molecule has 5 nitrogen and oxygen atoms in total. The van der Waals surface area contributed by atoms with E-state index in [1.54, 1.807) is 0 Å². The van der Waals surface area contributed by atoms with Crippen LogP contribution in [0.5, 0.6) is 0 Å². The minimum atomic E-state index is -0.175. The molecule has 0 saturated carbocycles. The molecule has 3 atom stereocenters. The monoisotopic (exact) mass is 291 g/mol. The van der Waals surface area contributed by atoms with Crippen molar-refractivity contribution in [2.75, 3.05) is 18.5 Å². The first-order valence-corrected chi connectivity index (χ1v) is 7.62. The SMILES string of the molecule is CCNC(C)c1cccc(NC(=O)NC2CCOC2C)c1. The number of benzene rings is 1. The van der Waals surface area contributed by atoms with Crippen molar-refractivity contribution in [2.45, 2.75) is 45.4 Å². The van der Waals surface area contributed by atoms with Crippen molar-refractivity contribution < 1.29 is 9.53 Å². The van der Waals surface area contributed by atoms with Gasteiger partial charge in [0.05, 0.1) is 12.1 Å². The van der Waals surface area contributed by atoms with E-state index in [1.165, 1.54) is 0 Å². The molecule has 0 bridgehead atoms. The lowest BCUT2D eigenvalue weighted by Gasteiger charge is -2.17. The molecule has 1 aliphatic rings. The summed E-state index contributed by atoms with van der Waals surface area (Å²) in [6.07, 6.45) is 0.947. The van der Waals surface area contributed by atoms with Gasteiger partial charge in [0, 0.05) is 18.3 Å². The first-order valence-electron chi connectivity index (χ1n) is 7.62. The zero-order chi connectivity index (χ0) is 15.2. The molecular formula is C16H25N3O2. The third-order valence-electron chi connectivity index (χ3n) is 3.85. The third kappa shape index (κ3) is 4.44. The van der Waals surface area contributed by atoms with E-state index in [2.05, 4.69) is 35.9 Å². The van der Waals surface area contributed by atoms with E-state index >= 15 is 0 Å². The summed E-state index contributed by atoms with van der Waals surface area (Å²) in [5, 5.41) is 9.22. The predicted molar refractivity (Wildman–Crippen MR) is 84.5 cm³/mol. The standard InChI is InChI=1S/C16H25N3O2/c1-4-17-11(2)13-6-5-7-14(10-13)18-16(20)19-15-8-9-21-12(15)3/h5-7,10-12,15,17H,4,8-9H2,1-3H3,(H2,18,19,20). The van der Waals surface area contributed by atoms with Crippen LogP contribution < -0.4 is 16.0 Å². The van der Waals surface area contributed by atoms with Crippen LogP contribution in [-0.2, 0) is 4.74 Å². The fraction of sp³-hybridized carbons (Fsp3) is 0.562. The van der Waals surface area contributed by atoms with Gasteiger partial charge < -0.3 is 20.7 Å². The highest BCUT2D eigenvalue weighted by molar-refractivity contribution is 5.89.